The normalized spacial score (nSPS) is 19.0. The highest BCUT2D eigenvalue weighted by Crippen LogP contribution is 2.37. The number of carbonyl (C=O) groups is 1. The molecule has 3 aliphatic rings. The smallest absolute Gasteiger partial charge is 0.416 e. The molecule has 8 heteroatoms. The second-order valence-electron chi connectivity index (χ2n) is 10.4. The van der Waals surface area contributed by atoms with Crippen LogP contribution in [0.3, 0.4) is 0 Å². The number of benzene rings is 2. The number of likely N-dealkylation sites (tertiary alicyclic amines) is 1. The highest BCUT2D eigenvalue weighted by molar-refractivity contribution is 5.73. The van der Waals surface area contributed by atoms with Gasteiger partial charge in [0, 0.05) is 25.2 Å². The number of carboxylic acids is 1. The van der Waals surface area contributed by atoms with Crippen LogP contribution < -0.4 is 9.47 Å². The molecule has 5 nitrogen and oxygen atoms in total. The summed E-state index contributed by atoms with van der Waals surface area (Å²) in [7, 11) is 0. The minimum atomic E-state index is -4.50. The van der Waals surface area contributed by atoms with Crippen molar-refractivity contribution in [3.05, 3.63) is 64.2 Å². The number of ether oxygens (including phenoxy) is 2. The minimum absolute atomic E-state index is 0.00994. The van der Waals surface area contributed by atoms with E-state index in [2.05, 4.69) is 11.8 Å². The molecule has 0 unspecified atom stereocenters. The van der Waals surface area contributed by atoms with E-state index < -0.39 is 17.7 Å². The fourth-order valence-electron chi connectivity index (χ4n) is 5.60. The molecule has 0 radical (unpaired) electrons. The zero-order chi connectivity index (χ0) is 26.2. The average molecular weight is 516 g/mol. The maximum absolute atomic E-state index is 13.8. The fourth-order valence-corrected chi connectivity index (χ4v) is 5.60. The van der Waals surface area contributed by atoms with Gasteiger partial charge in [0.15, 0.2) is 0 Å². The Morgan fingerprint density at radius 3 is 2.49 bits per heavy atom. The van der Waals surface area contributed by atoms with Crippen LogP contribution in [-0.2, 0) is 24.0 Å². The summed E-state index contributed by atoms with van der Waals surface area (Å²) < 4.78 is 53.0. The number of allylic oxidation sites excluding steroid dienone is 1. The molecule has 2 aromatic carbocycles. The van der Waals surface area contributed by atoms with E-state index in [9.17, 15) is 18.0 Å². The standard InChI is InChI=1S/C29H32F3NO4/c1-18-20(14-33-15-22(16-33)28(34)35)7-6-19-12-24(10-11-26(18)19)36-17-21-8-9-25(13-27(21)29(30,31)32)37-23-4-2-3-5-23/h8-13,22-23H,2-7,14-17H2,1H3,(H,34,35). The molecule has 5 rings (SSSR count). The molecular weight excluding hydrogens is 483 g/mol. The molecule has 37 heavy (non-hydrogen) atoms. The molecule has 1 aliphatic heterocycles. The Balaban J connectivity index is 1.25. The second-order valence-corrected chi connectivity index (χ2v) is 10.4. The van der Waals surface area contributed by atoms with E-state index >= 15 is 0 Å². The van der Waals surface area contributed by atoms with Crippen LogP contribution in [0.2, 0.25) is 0 Å². The molecule has 198 valence electrons. The first-order chi connectivity index (χ1) is 17.7. The minimum Gasteiger partial charge on any atom is -0.490 e. The van der Waals surface area contributed by atoms with Crippen molar-refractivity contribution >= 4 is 11.5 Å². The van der Waals surface area contributed by atoms with E-state index in [-0.39, 0.29) is 29.9 Å². The van der Waals surface area contributed by atoms with Crippen molar-refractivity contribution < 1.29 is 32.5 Å². The monoisotopic (exact) mass is 515 g/mol. The summed E-state index contributed by atoms with van der Waals surface area (Å²) in [6.07, 6.45) is 1.03. The van der Waals surface area contributed by atoms with Crippen molar-refractivity contribution in [2.45, 2.75) is 64.3 Å². The lowest BCUT2D eigenvalue weighted by Crippen LogP contribution is -2.50. The Morgan fingerprint density at radius 1 is 1.05 bits per heavy atom. The average Bonchev–Trinajstić information content (AvgIpc) is 3.33. The maximum Gasteiger partial charge on any atom is 0.416 e. The highest BCUT2D eigenvalue weighted by atomic mass is 19.4. The van der Waals surface area contributed by atoms with Crippen LogP contribution in [0.4, 0.5) is 13.2 Å². The van der Waals surface area contributed by atoms with Gasteiger partial charge in [0.05, 0.1) is 17.6 Å². The summed E-state index contributed by atoms with van der Waals surface area (Å²) in [6, 6.07) is 9.85. The highest BCUT2D eigenvalue weighted by Gasteiger charge is 2.35. The Hall–Kier alpha value is -3.00. The van der Waals surface area contributed by atoms with Crippen LogP contribution in [0.15, 0.2) is 42.0 Å². The summed E-state index contributed by atoms with van der Waals surface area (Å²) in [5.74, 6) is -0.211. The van der Waals surface area contributed by atoms with Crippen molar-refractivity contribution in [2.75, 3.05) is 19.6 Å². The molecule has 2 fully saturated rings. The van der Waals surface area contributed by atoms with Crippen LogP contribution in [0.25, 0.3) is 5.57 Å². The number of alkyl halides is 3. The van der Waals surface area contributed by atoms with E-state index in [0.717, 1.165) is 62.3 Å². The van der Waals surface area contributed by atoms with Gasteiger partial charge in [-0.1, -0.05) is 17.7 Å². The van der Waals surface area contributed by atoms with Crippen LogP contribution in [-0.4, -0.2) is 41.7 Å². The predicted octanol–water partition coefficient (Wildman–Crippen LogP) is 6.34. The summed E-state index contributed by atoms with van der Waals surface area (Å²) in [6.45, 7) is 3.83. The van der Waals surface area contributed by atoms with Gasteiger partial charge in [0.25, 0.3) is 0 Å². The van der Waals surface area contributed by atoms with E-state index in [1.807, 2.05) is 12.1 Å². The first kappa shape index (κ1) is 25.6. The zero-order valence-corrected chi connectivity index (χ0v) is 20.9. The topological polar surface area (TPSA) is 59.0 Å². The van der Waals surface area contributed by atoms with E-state index in [1.165, 1.54) is 17.2 Å². The Morgan fingerprint density at radius 2 is 1.78 bits per heavy atom. The van der Waals surface area contributed by atoms with Crippen molar-refractivity contribution in [2.24, 2.45) is 5.92 Å². The molecule has 1 saturated heterocycles. The van der Waals surface area contributed by atoms with E-state index in [1.54, 1.807) is 12.1 Å². The third-order valence-electron chi connectivity index (χ3n) is 7.81. The van der Waals surface area contributed by atoms with Gasteiger partial charge in [-0.05, 0) is 86.4 Å². The summed E-state index contributed by atoms with van der Waals surface area (Å²) in [5, 5.41) is 9.09. The number of halogens is 3. The van der Waals surface area contributed by atoms with Crippen LogP contribution in [0.1, 0.15) is 61.3 Å². The summed E-state index contributed by atoms with van der Waals surface area (Å²) in [4.78, 5) is 13.2. The van der Waals surface area contributed by atoms with Gasteiger partial charge >= 0.3 is 12.1 Å². The number of hydrogen-bond acceptors (Lipinski definition) is 4. The lowest BCUT2D eigenvalue weighted by molar-refractivity contribution is -0.147. The Bertz CT molecular complexity index is 1190. The molecular formula is C29H32F3NO4. The van der Waals surface area contributed by atoms with Crippen LogP contribution in [0, 0.1) is 5.92 Å². The molecule has 1 heterocycles. The zero-order valence-electron chi connectivity index (χ0n) is 20.9. The first-order valence-corrected chi connectivity index (χ1v) is 12.9. The number of aryl methyl sites for hydroxylation is 1. The molecule has 1 saturated carbocycles. The lowest BCUT2D eigenvalue weighted by atomic mass is 9.85. The molecule has 1 N–H and O–H groups in total. The Labute approximate surface area is 214 Å². The molecule has 2 aliphatic carbocycles. The number of nitrogens with zero attached hydrogens (tertiary/aromatic N) is 1. The van der Waals surface area contributed by atoms with Crippen molar-refractivity contribution in [3.63, 3.8) is 0 Å². The largest absolute Gasteiger partial charge is 0.490 e. The molecule has 2 aromatic rings. The quantitative estimate of drug-likeness (QED) is 0.445. The third-order valence-corrected chi connectivity index (χ3v) is 7.81. The second kappa shape index (κ2) is 10.4. The number of rotatable bonds is 8. The molecule has 0 spiro atoms. The van der Waals surface area contributed by atoms with Gasteiger partial charge < -0.3 is 14.6 Å². The summed E-state index contributed by atoms with van der Waals surface area (Å²) >= 11 is 0. The van der Waals surface area contributed by atoms with Gasteiger partial charge in [0.1, 0.15) is 18.1 Å². The van der Waals surface area contributed by atoms with Crippen molar-refractivity contribution in [1.82, 2.24) is 4.90 Å². The molecule has 0 aromatic heterocycles. The van der Waals surface area contributed by atoms with Crippen molar-refractivity contribution in [1.29, 1.82) is 0 Å². The van der Waals surface area contributed by atoms with Gasteiger partial charge in [-0.2, -0.15) is 13.2 Å². The summed E-state index contributed by atoms with van der Waals surface area (Å²) in [5.41, 5.74) is 4.08. The number of carboxylic acid groups (broad SMARTS) is 1. The van der Waals surface area contributed by atoms with Gasteiger partial charge in [0.2, 0.25) is 0 Å². The lowest BCUT2D eigenvalue weighted by Gasteiger charge is -2.38. The van der Waals surface area contributed by atoms with E-state index in [0.29, 0.717) is 18.8 Å². The number of fused-ring (bicyclic) bond motifs is 1. The molecule has 0 amide bonds. The van der Waals surface area contributed by atoms with Gasteiger partial charge in [-0.25, -0.2) is 0 Å². The Kier molecular flexibility index (Phi) is 7.21. The first-order valence-electron chi connectivity index (χ1n) is 12.9. The predicted molar refractivity (Wildman–Crippen MR) is 134 cm³/mol. The van der Waals surface area contributed by atoms with Crippen LogP contribution >= 0.6 is 0 Å². The van der Waals surface area contributed by atoms with Gasteiger partial charge in [-0.3, -0.25) is 9.69 Å². The van der Waals surface area contributed by atoms with Gasteiger partial charge in [-0.15, -0.1) is 0 Å². The number of hydrogen-bond donors (Lipinski definition) is 1. The molecule has 0 atom stereocenters. The van der Waals surface area contributed by atoms with Crippen molar-refractivity contribution in [3.8, 4) is 11.5 Å². The maximum atomic E-state index is 13.8. The SMILES string of the molecule is CC1=C(CN2CC(C(=O)O)C2)CCc2cc(OCc3ccc(OC4CCCC4)cc3C(F)(F)F)ccc21. The third kappa shape index (κ3) is 5.79. The fraction of sp³-hybridized carbons (Fsp3) is 0.483. The van der Waals surface area contributed by atoms with Crippen LogP contribution in [0.5, 0.6) is 11.5 Å². The molecule has 0 bridgehead atoms. The van der Waals surface area contributed by atoms with E-state index in [4.69, 9.17) is 14.6 Å². The number of aliphatic carboxylic acids is 1.